The van der Waals surface area contributed by atoms with E-state index in [1.807, 2.05) is 48.5 Å². The van der Waals surface area contributed by atoms with Crippen molar-refractivity contribution in [2.24, 2.45) is 5.10 Å². The molecule has 3 aromatic carbocycles. The minimum Gasteiger partial charge on any atom is -0.493 e. The van der Waals surface area contributed by atoms with Crippen molar-refractivity contribution in [1.82, 2.24) is 5.43 Å². The Morgan fingerprint density at radius 2 is 1.76 bits per heavy atom. The zero-order chi connectivity index (χ0) is 23.9. The molecule has 0 unspecified atom stereocenters. The molecule has 0 atom stereocenters. The van der Waals surface area contributed by atoms with Crippen molar-refractivity contribution in [2.75, 3.05) is 25.1 Å². The molecule has 1 heterocycles. The Morgan fingerprint density at radius 3 is 2.44 bits per heavy atom. The lowest BCUT2D eigenvalue weighted by molar-refractivity contribution is 0.0955. The van der Waals surface area contributed by atoms with Gasteiger partial charge in [-0.15, -0.1) is 0 Å². The number of nitrogens with zero attached hydrogens (tertiary/aromatic N) is 2. The van der Waals surface area contributed by atoms with E-state index in [9.17, 15) is 4.79 Å². The van der Waals surface area contributed by atoms with Crippen LogP contribution in [-0.2, 0) is 6.61 Å². The molecule has 176 valence electrons. The molecule has 1 N–H and O–H groups in total. The zero-order valence-electron chi connectivity index (χ0n) is 18.8. The fourth-order valence-electron chi connectivity index (χ4n) is 3.72. The smallest absolute Gasteiger partial charge is 0.271 e. The molecule has 8 heteroatoms. The minimum absolute atomic E-state index is 0.247. The van der Waals surface area contributed by atoms with Gasteiger partial charge in [0.25, 0.3) is 5.91 Å². The largest absolute Gasteiger partial charge is 0.493 e. The molecule has 6 nitrogen and oxygen atoms in total. The summed E-state index contributed by atoms with van der Waals surface area (Å²) in [5, 5.41) is 4.13. The molecule has 1 aliphatic rings. The molecule has 3 aromatic rings. The summed E-state index contributed by atoms with van der Waals surface area (Å²) >= 11 is 4.50. The average molecular weight is 681 g/mol. The van der Waals surface area contributed by atoms with Crippen molar-refractivity contribution in [3.63, 3.8) is 0 Å². The fourth-order valence-corrected chi connectivity index (χ4v) is 4.86. The number of carbonyl (C=O) groups excluding carboxylic acids is 1. The summed E-state index contributed by atoms with van der Waals surface area (Å²) < 4.78 is 13.7. The first kappa shape index (κ1) is 24.8. The Morgan fingerprint density at radius 1 is 1.06 bits per heavy atom. The van der Waals surface area contributed by atoms with Crippen LogP contribution in [0.3, 0.4) is 0 Å². The minimum atomic E-state index is -0.247. The van der Waals surface area contributed by atoms with E-state index in [1.165, 1.54) is 16.4 Å². The van der Waals surface area contributed by atoms with E-state index in [4.69, 9.17) is 9.47 Å². The second-order valence-corrected chi connectivity index (χ2v) is 10.3. The monoisotopic (exact) mass is 681 g/mol. The molecule has 4 rings (SSSR count). The maximum Gasteiger partial charge on any atom is 0.271 e. The number of methoxy groups -OCH3 is 1. The van der Waals surface area contributed by atoms with Crippen molar-refractivity contribution in [3.8, 4) is 11.5 Å². The molecule has 0 radical (unpaired) electrons. The number of hydrogen-bond donors (Lipinski definition) is 1. The van der Waals surface area contributed by atoms with Crippen LogP contribution in [0.2, 0.25) is 0 Å². The predicted molar refractivity (Wildman–Crippen MR) is 152 cm³/mol. The molecular weight excluding hydrogens is 656 g/mol. The van der Waals surface area contributed by atoms with E-state index in [1.54, 1.807) is 13.3 Å². The lowest BCUT2D eigenvalue weighted by atomic mass is 10.2. The van der Waals surface area contributed by atoms with Gasteiger partial charge >= 0.3 is 0 Å². The van der Waals surface area contributed by atoms with Crippen LogP contribution in [0.5, 0.6) is 11.5 Å². The van der Waals surface area contributed by atoms with Crippen LogP contribution in [0.4, 0.5) is 5.69 Å². The summed E-state index contributed by atoms with van der Waals surface area (Å²) in [5.74, 6) is 1.05. The van der Waals surface area contributed by atoms with Crippen LogP contribution in [0.1, 0.15) is 34.3 Å². The molecule has 1 saturated heterocycles. The van der Waals surface area contributed by atoms with Crippen molar-refractivity contribution in [2.45, 2.75) is 19.4 Å². The quantitative estimate of drug-likeness (QED) is 0.184. The molecule has 0 aromatic heterocycles. The first-order chi connectivity index (χ1) is 16.5. The Balaban J connectivity index is 1.37. The molecule has 0 saturated carbocycles. The molecule has 0 bridgehead atoms. The summed E-state index contributed by atoms with van der Waals surface area (Å²) in [4.78, 5) is 14.8. The van der Waals surface area contributed by atoms with Crippen LogP contribution in [-0.4, -0.2) is 32.3 Å². The maximum absolute atomic E-state index is 12.5. The number of anilines is 1. The third-order valence-electron chi connectivity index (χ3n) is 5.53. The Kier molecular flexibility index (Phi) is 8.65. The number of hydrazone groups is 1. The van der Waals surface area contributed by atoms with Crippen LogP contribution in [0.15, 0.2) is 65.8 Å². The first-order valence-corrected chi connectivity index (χ1v) is 13.1. The third-order valence-corrected chi connectivity index (χ3v) is 7.05. The number of nitrogens with one attached hydrogen (secondary N) is 1. The lowest BCUT2D eigenvalue weighted by Gasteiger charge is -2.17. The van der Waals surface area contributed by atoms with Crippen LogP contribution in [0, 0.1) is 7.14 Å². The van der Waals surface area contributed by atoms with Gasteiger partial charge in [0.05, 0.1) is 16.9 Å². The number of hydrogen-bond acceptors (Lipinski definition) is 5. The number of rotatable bonds is 8. The highest BCUT2D eigenvalue weighted by molar-refractivity contribution is 14.1. The number of halogens is 2. The van der Waals surface area contributed by atoms with Crippen molar-refractivity contribution in [3.05, 3.63) is 84.5 Å². The highest BCUT2D eigenvalue weighted by Gasteiger charge is 2.14. The van der Waals surface area contributed by atoms with E-state index in [2.05, 4.69) is 72.7 Å². The van der Waals surface area contributed by atoms with Gasteiger partial charge in [0, 0.05) is 27.9 Å². The van der Waals surface area contributed by atoms with Crippen molar-refractivity contribution in [1.29, 1.82) is 0 Å². The zero-order valence-corrected chi connectivity index (χ0v) is 23.1. The second kappa shape index (κ2) is 11.9. The van der Waals surface area contributed by atoms with Gasteiger partial charge in [-0.25, -0.2) is 5.43 Å². The SMILES string of the molecule is COc1cc(/C=N\NC(=O)c2ccc(N3CCCC3)cc2)cc(I)c1OCc1ccc(I)cc1. The van der Waals surface area contributed by atoms with Gasteiger partial charge < -0.3 is 14.4 Å². The lowest BCUT2D eigenvalue weighted by Crippen LogP contribution is -2.19. The predicted octanol–water partition coefficient (Wildman–Crippen LogP) is 5.85. The fraction of sp³-hybridized carbons (Fsp3) is 0.231. The second-order valence-electron chi connectivity index (χ2n) is 7.89. The first-order valence-electron chi connectivity index (χ1n) is 11.0. The molecule has 1 fully saturated rings. The van der Waals surface area contributed by atoms with E-state index in [0.717, 1.165) is 33.5 Å². The maximum atomic E-state index is 12.5. The molecule has 1 amide bonds. The van der Waals surface area contributed by atoms with E-state index >= 15 is 0 Å². The van der Waals surface area contributed by atoms with Crippen LogP contribution >= 0.6 is 45.2 Å². The highest BCUT2D eigenvalue weighted by atomic mass is 127. The number of ether oxygens (including phenoxy) is 2. The van der Waals surface area contributed by atoms with E-state index < -0.39 is 0 Å². The Bertz CT molecular complexity index is 1160. The molecule has 1 aliphatic heterocycles. The van der Waals surface area contributed by atoms with E-state index in [0.29, 0.717) is 23.7 Å². The van der Waals surface area contributed by atoms with Crippen molar-refractivity contribution < 1.29 is 14.3 Å². The van der Waals surface area contributed by atoms with E-state index in [-0.39, 0.29) is 5.91 Å². The summed E-state index contributed by atoms with van der Waals surface area (Å²) in [6.45, 7) is 2.60. The number of carbonyl (C=O) groups is 1. The number of benzene rings is 3. The van der Waals surface area contributed by atoms with Gasteiger partial charge in [-0.3, -0.25) is 4.79 Å². The van der Waals surface area contributed by atoms with Gasteiger partial charge in [0.15, 0.2) is 11.5 Å². The molecular formula is C26H25I2N3O3. The van der Waals surface area contributed by atoms with Crippen molar-refractivity contribution >= 4 is 63.0 Å². The van der Waals surface area contributed by atoms with Crippen LogP contribution in [0.25, 0.3) is 0 Å². The summed E-state index contributed by atoms with van der Waals surface area (Å²) in [6, 6.07) is 19.6. The summed E-state index contributed by atoms with van der Waals surface area (Å²) in [6.07, 6.45) is 4.05. The van der Waals surface area contributed by atoms with Gasteiger partial charge in [-0.2, -0.15) is 5.10 Å². The summed E-state index contributed by atoms with van der Waals surface area (Å²) in [5.41, 5.74) is 6.21. The van der Waals surface area contributed by atoms with Gasteiger partial charge in [0.2, 0.25) is 0 Å². The highest BCUT2D eigenvalue weighted by Crippen LogP contribution is 2.34. The Labute approximate surface area is 227 Å². The molecule has 0 spiro atoms. The average Bonchev–Trinajstić information content (AvgIpc) is 3.39. The van der Waals surface area contributed by atoms with Gasteiger partial charge in [-0.1, -0.05) is 12.1 Å². The third kappa shape index (κ3) is 6.41. The molecule has 0 aliphatic carbocycles. The standard InChI is InChI=1S/C26H25I2N3O3/c1-33-24-15-19(14-23(28)25(24)34-17-18-4-8-21(27)9-5-18)16-29-30-26(32)20-6-10-22(11-7-20)31-12-2-3-13-31/h4-11,14-16H,2-3,12-13,17H2,1H3,(H,30,32)/b29-16-. The number of amides is 1. The van der Waals surface area contributed by atoms with Crippen LogP contribution < -0.4 is 19.8 Å². The topological polar surface area (TPSA) is 63.2 Å². The van der Waals surface area contributed by atoms with Gasteiger partial charge in [0.1, 0.15) is 6.61 Å². The van der Waals surface area contributed by atoms with Gasteiger partial charge in [-0.05, 0) is 118 Å². The Hall–Kier alpha value is -2.34. The summed E-state index contributed by atoms with van der Waals surface area (Å²) in [7, 11) is 1.61. The normalized spacial score (nSPS) is 13.3. The molecule has 34 heavy (non-hydrogen) atoms.